The Hall–Kier alpha value is -1.44. The molecule has 0 bridgehead atoms. The molecule has 0 aliphatic heterocycles. The smallest absolute Gasteiger partial charge is 0.123 e. The van der Waals surface area contributed by atoms with E-state index in [1.54, 1.807) is 25.3 Å². The average Bonchev–Trinajstić information content (AvgIpc) is 2.09. The molecule has 2 nitrogen and oxygen atoms in total. The van der Waals surface area contributed by atoms with E-state index in [0.717, 1.165) is 11.3 Å². The van der Waals surface area contributed by atoms with E-state index in [9.17, 15) is 5.11 Å². The predicted molar refractivity (Wildman–Crippen MR) is 49.4 cm³/mol. The predicted octanol–water partition coefficient (Wildman–Crippen LogP) is 2.43. The van der Waals surface area contributed by atoms with Gasteiger partial charge in [-0.25, -0.2) is 0 Å². The number of allylic oxidation sites excluding steroid dienone is 1. The Bertz CT molecular complexity index is 290. The average molecular weight is 164 g/mol. The van der Waals surface area contributed by atoms with Crippen LogP contribution in [0.25, 0.3) is 6.08 Å². The van der Waals surface area contributed by atoms with Crippen LogP contribution in [0.5, 0.6) is 11.5 Å². The molecule has 64 valence electrons. The monoisotopic (exact) mass is 164 g/mol. The second-order valence-corrected chi connectivity index (χ2v) is 2.42. The molecule has 0 spiro atoms. The van der Waals surface area contributed by atoms with Crippen LogP contribution in [0.4, 0.5) is 0 Å². The molecule has 0 saturated carbocycles. The second kappa shape index (κ2) is 3.81. The third-order valence-electron chi connectivity index (χ3n) is 1.58. The summed E-state index contributed by atoms with van der Waals surface area (Å²) in [6.07, 6.45) is 3.70. The van der Waals surface area contributed by atoms with Gasteiger partial charge < -0.3 is 9.84 Å². The summed E-state index contributed by atoms with van der Waals surface area (Å²) in [4.78, 5) is 0. The molecule has 2 heteroatoms. The quantitative estimate of drug-likeness (QED) is 0.727. The molecular weight excluding hydrogens is 152 g/mol. The molecule has 1 N–H and O–H groups in total. The van der Waals surface area contributed by atoms with Gasteiger partial charge in [-0.2, -0.15) is 0 Å². The Labute approximate surface area is 72.1 Å². The summed E-state index contributed by atoms with van der Waals surface area (Å²) in [5.41, 5.74) is 0.775. The van der Waals surface area contributed by atoms with Gasteiger partial charge in [-0.15, -0.1) is 0 Å². The second-order valence-electron chi connectivity index (χ2n) is 2.42. The third-order valence-corrected chi connectivity index (χ3v) is 1.58. The highest BCUT2D eigenvalue weighted by atomic mass is 16.5. The van der Waals surface area contributed by atoms with E-state index in [0.29, 0.717) is 0 Å². The van der Waals surface area contributed by atoms with Gasteiger partial charge in [-0.1, -0.05) is 12.2 Å². The van der Waals surface area contributed by atoms with Gasteiger partial charge in [0.25, 0.3) is 0 Å². The molecule has 0 saturated heterocycles. The Morgan fingerprint density at radius 1 is 1.42 bits per heavy atom. The number of methoxy groups -OCH3 is 1. The summed E-state index contributed by atoms with van der Waals surface area (Å²) in [5.74, 6) is 1.02. The van der Waals surface area contributed by atoms with Crippen LogP contribution in [0.3, 0.4) is 0 Å². The van der Waals surface area contributed by atoms with Crippen molar-refractivity contribution in [3.8, 4) is 11.5 Å². The van der Waals surface area contributed by atoms with Crippen molar-refractivity contribution >= 4 is 6.08 Å². The maximum Gasteiger partial charge on any atom is 0.123 e. The molecular formula is C10H12O2. The van der Waals surface area contributed by atoms with Crippen molar-refractivity contribution in [1.82, 2.24) is 0 Å². The van der Waals surface area contributed by atoms with Crippen LogP contribution in [-0.2, 0) is 0 Å². The largest absolute Gasteiger partial charge is 0.507 e. The van der Waals surface area contributed by atoms with E-state index in [1.807, 2.05) is 19.1 Å². The first-order chi connectivity index (χ1) is 5.77. The van der Waals surface area contributed by atoms with E-state index < -0.39 is 0 Å². The molecule has 0 heterocycles. The van der Waals surface area contributed by atoms with Crippen molar-refractivity contribution in [3.63, 3.8) is 0 Å². The van der Waals surface area contributed by atoms with Crippen LogP contribution in [0.2, 0.25) is 0 Å². The van der Waals surface area contributed by atoms with E-state index in [1.165, 1.54) is 0 Å². The van der Waals surface area contributed by atoms with Crippen molar-refractivity contribution in [3.05, 3.63) is 29.8 Å². The Balaban J connectivity index is 3.08. The van der Waals surface area contributed by atoms with Crippen molar-refractivity contribution in [1.29, 1.82) is 0 Å². The van der Waals surface area contributed by atoms with Gasteiger partial charge in [0.15, 0.2) is 0 Å². The fourth-order valence-corrected chi connectivity index (χ4v) is 0.973. The van der Waals surface area contributed by atoms with E-state index >= 15 is 0 Å². The molecule has 12 heavy (non-hydrogen) atoms. The number of phenols is 1. The lowest BCUT2D eigenvalue weighted by atomic mass is 10.2. The first kappa shape index (κ1) is 8.65. The fraction of sp³-hybridized carbons (Fsp3) is 0.200. The minimum Gasteiger partial charge on any atom is -0.507 e. The van der Waals surface area contributed by atoms with Gasteiger partial charge in [0, 0.05) is 5.56 Å². The van der Waals surface area contributed by atoms with Crippen molar-refractivity contribution < 1.29 is 9.84 Å². The Morgan fingerprint density at radius 2 is 2.17 bits per heavy atom. The number of rotatable bonds is 2. The molecule has 1 rings (SSSR count). The lowest BCUT2D eigenvalue weighted by molar-refractivity contribution is 0.412. The number of aromatic hydroxyl groups is 1. The number of benzene rings is 1. The maximum absolute atomic E-state index is 9.35. The maximum atomic E-state index is 9.35. The van der Waals surface area contributed by atoms with Crippen LogP contribution in [-0.4, -0.2) is 12.2 Å². The summed E-state index contributed by atoms with van der Waals surface area (Å²) >= 11 is 0. The van der Waals surface area contributed by atoms with Crippen molar-refractivity contribution in [2.45, 2.75) is 6.92 Å². The van der Waals surface area contributed by atoms with Crippen molar-refractivity contribution in [2.24, 2.45) is 0 Å². The van der Waals surface area contributed by atoms with E-state index in [2.05, 4.69) is 0 Å². The topological polar surface area (TPSA) is 29.5 Å². The third kappa shape index (κ3) is 1.78. The number of ether oxygens (including phenoxy) is 1. The molecule has 0 unspecified atom stereocenters. The molecule has 0 radical (unpaired) electrons. The number of phenolic OH excluding ortho intramolecular Hbond substituents is 1. The van der Waals surface area contributed by atoms with Crippen LogP contribution in [0.15, 0.2) is 24.3 Å². The van der Waals surface area contributed by atoms with E-state index in [-0.39, 0.29) is 5.75 Å². The summed E-state index contributed by atoms with van der Waals surface area (Å²) in [6, 6.07) is 5.13. The zero-order valence-electron chi connectivity index (χ0n) is 7.24. The summed E-state index contributed by atoms with van der Waals surface area (Å²) in [7, 11) is 1.60. The number of hydrogen-bond acceptors (Lipinski definition) is 2. The van der Waals surface area contributed by atoms with Gasteiger partial charge >= 0.3 is 0 Å². The van der Waals surface area contributed by atoms with Gasteiger partial charge in [0.05, 0.1) is 7.11 Å². The Morgan fingerprint density at radius 3 is 2.75 bits per heavy atom. The lowest BCUT2D eigenvalue weighted by Crippen LogP contribution is -1.83. The zero-order chi connectivity index (χ0) is 8.97. The SMILES string of the molecule is C/C=C/c1cc(OC)ccc1O. The highest BCUT2D eigenvalue weighted by Crippen LogP contribution is 2.23. The first-order valence-corrected chi connectivity index (χ1v) is 3.77. The molecule has 1 aromatic rings. The van der Waals surface area contributed by atoms with Crippen LogP contribution >= 0.6 is 0 Å². The molecule has 0 amide bonds. The lowest BCUT2D eigenvalue weighted by Gasteiger charge is -2.02. The highest BCUT2D eigenvalue weighted by Gasteiger charge is 1.98. The van der Waals surface area contributed by atoms with E-state index in [4.69, 9.17) is 4.74 Å². The molecule has 0 aliphatic rings. The van der Waals surface area contributed by atoms with Gasteiger partial charge in [-0.05, 0) is 25.1 Å². The van der Waals surface area contributed by atoms with Crippen LogP contribution < -0.4 is 4.74 Å². The molecule has 0 fully saturated rings. The van der Waals surface area contributed by atoms with Crippen LogP contribution in [0.1, 0.15) is 12.5 Å². The standard InChI is InChI=1S/C10H12O2/c1-3-4-8-7-9(12-2)5-6-10(8)11/h3-7,11H,1-2H3/b4-3+. The van der Waals surface area contributed by atoms with Gasteiger partial charge in [0.2, 0.25) is 0 Å². The minimum absolute atomic E-state index is 0.272. The van der Waals surface area contributed by atoms with Gasteiger partial charge in [0.1, 0.15) is 11.5 Å². The number of hydrogen-bond donors (Lipinski definition) is 1. The molecule has 0 atom stereocenters. The van der Waals surface area contributed by atoms with Gasteiger partial charge in [-0.3, -0.25) is 0 Å². The first-order valence-electron chi connectivity index (χ1n) is 3.77. The summed E-state index contributed by atoms with van der Waals surface area (Å²) in [5, 5.41) is 9.35. The zero-order valence-corrected chi connectivity index (χ0v) is 7.24. The Kier molecular flexibility index (Phi) is 2.75. The van der Waals surface area contributed by atoms with Crippen molar-refractivity contribution in [2.75, 3.05) is 7.11 Å². The molecule has 0 aromatic heterocycles. The van der Waals surface area contributed by atoms with Crippen LogP contribution in [0, 0.1) is 0 Å². The summed E-state index contributed by atoms with van der Waals surface area (Å²) < 4.78 is 5.01. The summed E-state index contributed by atoms with van der Waals surface area (Å²) in [6.45, 7) is 1.90. The molecule has 0 aliphatic carbocycles. The normalized spacial score (nSPS) is 10.5. The molecule has 1 aromatic carbocycles. The fourth-order valence-electron chi connectivity index (χ4n) is 0.973. The minimum atomic E-state index is 0.272. The highest BCUT2D eigenvalue weighted by molar-refractivity contribution is 5.58.